The molecule has 1 amide bonds. The van der Waals surface area contributed by atoms with E-state index in [0.29, 0.717) is 18.0 Å². The van der Waals surface area contributed by atoms with Crippen molar-refractivity contribution in [1.82, 2.24) is 10.6 Å². The first-order valence-electron chi connectivity index (χ1n) is 9.25. The van der Waals surface area contributed by atoms with Gasteiger partial charge in [0.1, 0.15) is 5.75 Å². The number of hydrogen-bond donors (Lipinski definition) is 3. The van der Waals surface area contributed by atoms with Crippen molar-refractivity contribution in [3.05, 3.63) is 54.1 Å². The number of ether oxygens (including phenoxy) is 1. The van der Waals surface area contributed by atoms with Crippen molar-refractivity contribution in [2.45, 2.75) is 19.3 Å². The van der Waals surface area contributed by atoms with Crippen LogP contribution in [0.4, 0.5) is 11.4 Å². The van der Waals surface area contributed by atoms with E-state index in [-0.39, 0.29) is 5.91 Å². The van der Waals surface area contributed by atoms with E-state index in [9.17, 15) is 4.79 Å². The van der Waals surface area contributed by atoms with E-state index < -0.39 is 0 Å². The Hall–Kier alpha value is -2.53. The summed E-state index contributed by atoms with van der Waals surface area (Å²) in [6.45, 7) is 2.88. The molecule has 3 N–H and O–H groups in total. The monoisotopic (exact) mass is 353 g/mol. The van der Waals surface area contributed by atoms with E-state index >= 15 is 0 Å². The topological polar surface area (TPSA) is 62.4 Å². The zero-order valence-corrected chi connectivity index (χ0v) is 15.3. The molecular weight excluding hydrogens is 326 g/mol. The number of carbonyl (C=O) groups excluding carboxylic acids is 1. The van der Waals surface area contributed by atoms with Crippen LogP contribution < -0.4 is 20.7 Å². The van der Waals surface area contributed by atoms with Crippen molar-refractivity contribution in [2.24, 2.45) is 5.92 Å². The van der Waals surface area contributed by atoms with Gasteiger partial charge >= 0.3 is 0 Å². The fourth-order valence-electron chi connectivity index (χ4n) is 3.30. The molecule has 138 valence electrons. The van der Waals surface area contributed by atoms with E-state index in [1.807, 2.05) is 48.5 Å². The second kappa shape index (κ2) is 9.25. The molecule has 5 nitrogen and oxygen atoms in total. The van der Waals surface area contributed by atoms with Crippen LogP contribution in [0.3, 0.4) is 0 Å². The smallest absolute Gasteiger partial charge is 0.253 e. The highest BCUT2D eigenvalue weighted by atomic mass is 16.5. The highest BCUT2D eigenvalue weighted by Crippen LogP contribution is 2.24. The first kappa shape index (κ1) is 18.3. The van der Waals surface area contributed by atoms with Gasteiger partial charge < -0.3 is 20.7 Å². The number of nitrogens with one attached hydrogen (secondary N) is 3. The Balaban J connectivity index is 1.61. The second-order valence-electron chi connectivity index (χ2n) is 6.66. The summed E-state index contributed by atoms with van der Waals surface area (Å²) in [5.41, 5.74) is 2.33. The molecule has 2 aromatic carbocycles. The van der Waals surface area contributed by atoms with Gasteiger partial charge in [0.05, 0.1) is 18.4 Å². The van der Waals surface area contributed by atoms with Crippen LogP contribution in [0.15, 0.2) is 48.5 Å². The number of rotatable bonds is 7. The number of para-hydroxylation sites is 1. The van der Waals surface area contributed by atoms with Gasteiger partial charge in [-0.2, -0.15) is 0 Å². The van der Waals surface area contributed by atoms with Crippen LogP contribution in [0, 0.1) is 5.92 Å². The van der Waals surface area contributed by atoms with E-state index in [1.165, 1.54) is 12.8 Å². The van der Waals surface area contributed by atoms with Gasteiger partial charge in [0.15, 0.2) is 0 Å². The predicted octanol–water partition coefficient (Wildman–Crippen LogP) is 3.56. The maximum absolute atomic E-state index is 12.6. The van der Waals surface area contributed by atoms with Gasteiger partial charge in [-0.25, -0.2) is 0 Å². The zero-order chi connectivity index (χ0) is 18.2. The van der Waals surface area contributed by atoms with Crippen molar-refractivity contribution in [3.63, 3.8) is 0 Å². The molecule has 3 rings (SSSR count). The normalized spacial score (nSPS) is 16.7. The van der Waals surface area contributed by atoms with E-state index in [4.69, 9.17) is 4.74 Å². The Morgan fingerprint density at radius 1 is 1.23 bits per heavy atom. The van der Waals surface area contributed by atoms with Gasteiger partial charge in [0.2, 0.25) is 0 Å². The maximum atomic E-state index is 12.6. The van der Waals surface area contributed by atoms with Gasteiger partial charge in [0, 0.05) is 18.3 Å². The third-order valence-corrected chi connectivity index (χ3v) is 4.76. The fourth-order valence-corrected chi connectivity index (χ4v) is 3.30. The van der Waals surface area contributed by atoms with Crippen LogP contribution in [0.25, 0.3) is 0 Å². The molecule has 0 saturated carbocycles. The quantitative estimate of drug-likeness (QED) is 0.712. The van der Waals surface area contributed by atoms with Crippen LogP contribution in [-0.4, -0.2) is 32.7 Å². The molecule has 1 atom stereocenters. The summed E-state index contributed by atoms with van der Waals surface area (Å²) in [7, 11) is 1.64. The molecular formula is C21H27N3O2. The third kappa shape index (κ3) is 4.99. The highest BCUT2D eigenvalue weighted by molar-refractivity contribution is 6.00. The molecule has 1 aliphatic rings. The van der Waals surface area contributed by atoms with Gasteiger partial charge in [-0.1, -0.05) is 18.2 Å². The lowest BCUT2D eigenvalue weighted by atomic mass is 9.96. The van der Waals surface area contributed by atoms with Gasteiger partial charge in [0.25, 0.3) is 5.91 Å². The minimum absolute atomic E-state index is 0.0419. The van der Waals surface area contributed by atoms with Gasteiger partial charge in [-0.05, 0) is 62.5 Å². The predicted molar refractivity (Wildman–Crippen MR) is 105 cm³/mol. The first-order valence-corrected chi connectivity index (χ1v) is 9.25. The molecule has 5 heteroatoms. The average Bonchev–Trinajstić information content (AvgIpc) is 2.69. The zero-order valence-electron chi connectivity index (χ0n) is 15.3. The van der Waals surface area contributed by atoms with Crippen LogP contribution in [-0.2, 0) is 0 Å². The number of anilines is 2. The highest BCUT2D eigenvalue weighted by Gasteiger charge is 2.15. The molecule has 0 spiro atoms. The molecule has 2 aromatic rings. The number of piperidine rings is 1. The second-order valence-corrected chi connectivity index (χ2v) is 6.66. The minimum atomic E-state index is -0.0419. The fraction of sp³-hybridized carbons (Fsp3) is 0.381. The SMILES string of the molecule is COc1cccc(Nc2ccccc2C(=O)NCCC2CCCNC2)c1. The summed E-state index contributed by atoms with van der Waals surface area (Å²) >= 11 is 0. The number of amides is 1. The van der Waals surface area contributed by atoms with E-state index in [0.717, 1.165) is 36.6 Å². The number of benzene rings is 2. The lowest BCUT2D eigenvalue weighted by Crippen LogP contribution is -2.33. The summed E-state index contributed by atoms with van der Waals surface area (Å²) in [4.78, 5) is 12.6. The molecule has 1 heterocycles. The van der Waals surface area contributed by atoms with E-state index in [2.05, 4.69) is 16.0 Å². The number of hydrogen-bond acceptors (Lipinski definition) is 4. The van der Waals surface area contributed by atoms with Crippen LogP contribution in [0.1, 0.15) is 29.6 Å². The lowest BCUT2D eigenvalue weighted by molar-refractivity contribution is 0.0951. The Morgan fingerprint density at radius 3 is 2.92 bits per heavy atom. The lowest BCUT2D eigenvalue weighted by Gasteiger charge is -2.22. The molecule has 0 radical (unpaired) electrons. The van der Waals surface area contributed by atoms with Crippen molar-refractivity contribution in [3.8, 4) is 5.75 Å². The maximum Gasteiger partial charge on any atom is 0.253 e. The van der Waals surface area contributed by atoms with Crippen LogP contribution in [0.2, 0.25) is 0 Å². The Morgan fingerprint density at radius 2 is 2.12 bits per heavy atom. The minimum Gasteiger partial charge on any atom is -0.497 e. The van der Waals surface area contributed by atoms with Gasteiger partial charge in [-0.15, -0.1) is 0 Å². The average molecular weight is 353 g/mol. The Kier molecular flexibility index (Phi) is 6.50. The summed E-state index contributed by atoms with van der Waals surface area (Å²) in [5.74, 6) is 1.40. The number of carbonyl (C=O) groups is 1. The van der Waals surface area contributed by atoms with Gasteiger partial charge in [-0.3, -0.25) is 4.79 Å². The van der Waals surface area contributed by atoms with Crippen molar-refractivity contribution in [1.29, 1.82) is 0 Å². The molecule has 1 saturated heterocycles. The van der Waals surface area contributed by atoms with E-state index in [1.54, 1.807) is 7.11 Å². The van der Waals surface area contributed by atoms with Crippen LogP contribution in [0.5, 0.6) is 5.75 Å². The molecule has 0 bridgehead atoms. The summed E-state index contributed by atoms with van der Waals surface area (Å²) in [6, 6.07) is 15.2. The number of methoxy groups -OCH3 is 1. The first-order chi connectivity index (χ1) is 12.8. The molecule has 26 heavy (non-hydrogen) atoms. The largest absolute Gasteiger partial charge is 0.497 e. The molecule has 0 aliphatic carbocycles. The standard InChI is InChI=1S/C21H27N3O2/c1-26-18-8-4-7-17(14-18)24-20-10-3-2-9-19(20)21(25)23-13-11-16-6-5-12-22-15-16/h2-4,7-10,14,16,22,24H,5-6,11-13,15H2,1H3,(H,23,25). The van der Waals surface area contributed by atoms with Crippen molar-refractivity contribution >= 4 is 17.3 Å². The molecule has 1 fully saturated rings. The van der Waals surface area contributed by atoms with Crippen LogP contribution >= 0.6 is 0 Å². The molecule has 1 unspecified atom stereocenters. The summed E-state index contributed by atoms with van der Waals surface area (Å²) in [5, 5.41) is 9.80. The summed E-state index contributed by atoms with van der Waals surface area (Å²) < 4.78 is 5.26. The third-order valence-electron chi connectivity index (χ3n) is 4.76. The Labute approximate surface area is 155 Å². The summed E-state index contributed by atoms with van der Waals surface area (Å²) in [6.07, 6.45) is 3.49. The van der Waals surface area contributed by atoms with Crippen molar-refractivity contribution < 1.29 is 9.53 Å². The van der Waals surface area contributed by atoms with Crippen molar-refractivity contribution in [2.75, 3.05) is 32.1 Å². The molecule has 0 aromatic heterocycles. The molecule has 1 aliphatic heterocycles. The Bertz CT molecular complexity index is 727.